The number of benzene rings is 5. The summed E-state index contributed by atoms with van der Waals surface area (Å²) in [6.07, 6.45) is 0. The van der Waals surface area contributed by atoms with Crippen molar-refractivity contribution in [3.63, 3.8) is 0 Å². The Morgan fingerprint density at radius 2 is 0.681 bits per heavy atom. The number of ether oxygens (including phenoxy) is 2. The summed E-state index contributed by atoms with van der Waals surface area (Å²) < 4.78 is 12.0. The van der Waals surface area contributed by atoms with Crippen LogP contribution in [0.5, 0.6) is 23.0 Å². The van der Waals surface area contributed by atoms with Crippen molar-refractivity contribution in [2.24, 2.45) is 0 Å². The molecule has 5 aromatic carbocycles. The van der Waals surface area contributed by atoms with E-state index in [9.17, 15) is 0 Å². The van der Waals surface area contributed by atoms with E-state index in [0.29, 0.717) is 34.7 Å². The van der Waals surface area contributed by atoms with Crippen molar-refractivity contribution in [3.8, 4) is 23.0 Å². The third-order valence-corrected chi connectivity index (χ3v) is 7.62. The predicted octanol–water partition coefficient (Wildman–Crippen LogP) is 11.2. The van der Waals surface area contributed by atoms with Gasteiger partial charge >= 0.3 is 0 Å². The number of halogens is 1. The third-order valence-electron chi connectivity index (χ3n) is 7.62. The fourth-order valence-electron chi connectivity index (χ4n) is 4.77. The van der Waals surface area contributed by atoms with Gasteiger partial charge in [-0.2, -0.15) is 0 Å². The van der Waals surface area contributed by atoms with Crippen molar-refractivity contribution in [2.45, 2.75) is 52.4 Å². The fourth-order valence-corrected chi connectivity index (χ4v) is 4.77. The van der Waals surface area contributed by atoms with E-state index in [2.05, 4.69) is 76.4 Å². The van der Waals surface area contributed by atoms with E-state index in [4.69, 9.17) is 20.3 Å². The first-order valence-corrected chi connectivity index (χ1v) is 15.4. The highest BCUT2D eigenvalue weighted by molar-refractivity contribution is 6.06. The van der Waals surface area contributed by atoms with Crippen LogP contribution in [-0.4, -0.2) is 11.7 Å². The lowest BCUT2D eigenvalue weighted by Gasteiger charge is -2.19. The second-order valence-corrected chi connectivity index (χ2v) is 13.4. The molecule has 0 aromatic heterocycles. The molecule has 47 heavy (non-hydrogen) atoms. The van der Waals surface area contributed by atoms with Gasteiger partial charge in [0.25, 0.3) is 0 Å². The summed E-state index contributed by atoms with van der Waals surface area (Å²) in [6, 6.07) is 38.8. The summed E-state index contributed by atoms with van der Waals surface area (Å²) in [5.74, 6) is 3.45. The Morgan fingerprint density at radius 1 is 0.426 bits per heavy atom. The second-order valence-electron chi connectivity index (χ2n) is 13.4. The van der Waals surface area contributed by atoms with Gasteiger partial charge in [0, 0.05) is 22.5 Å². The molecule has 7 heteroatoms. The average Bonchev–Trinajstić information content (AvgIpc) is 3.03. The lowest BCUT2D eigenvalue weighted by molar-refractivity contribution is 0.469. The van der Waals surface area contributed by atoms with Gasteiger partial charge in [0.1, 0.15) is 34.7 Å². The van der Waals surface area contributed by atoms with Crippen molar-refractivity contribution in [2.75, 3.05) is 10.6 Å². The van der Waals surface area contributed by atoms with E-state index in [-0.39, 0.29) is 23.2 Å². The standard InChI is InChI=1S/C40H42N4O2.ClH/c1-39(2,3)29-11-7-27(8-12-29)37(41)43-31-15-19-33(20-16-31)45-35-23-25-36(26-24-35)46-34-21-17-32(18-22-34)44-38(42)28-9-13-30(14-10-28)40(4,5)6;/h7-26H,1-6H3,(H2,41,43)(H2,42,44);1H. The zero-order chi connectivity index (χ0) is 32.9. The number of rotatable bonds is 8. The first-order chi connectivity index (χ1) is 21.8. The Morgan fingerprint density at radius 3 is 0.936 bits per heavy atom. The first kappa shape index (κ1) is 34.8. The summed E-state index contributed by atoms with van der Waals surface area (Å²) in [4.78, 5) is 0. The molecular weight excluding hydrogens is 604 g/mol. The third kappa shape index (κ3) is 9.47. The maximum Gasteiger partial charge on any atom is 0.129 e. The van der Waals surface area contributed by atoms with Crippen LogP contribution < -0.4 is 20.1 Å². The highest BCUT2D eigenvalue weighted by Gasteiger charge is 2.15. The molecule has 5 aromatic rings. The number of hydrogen-bond acceptors (Lipinski definition) is 4. The largest absolute Gasteiger partial charge is 0.457 e. The van der Waals surface area contributed by atoms with Crippen molar-refractivity contribution < 1.29 is 9.47 Å². The molecule has 0 heterocycles. The summed E-state index contributed by atoms with van der Waals surface area (Å²) in [5.41, 5.74) is 5.93. The van der Waals surface area contributed by atoms with Crippen LogP contribution in [0.1, 0.15) is 63.8 Å². The van der Waals surface area contributed by atoms with Crippen molar-refractivity contribution in [3.05, 3.63) is 144 Å². The lowest BCUT2D eigenvalue weighted by Crippen LogP contribution is -2.14. The Labute approximate surface area is 284 Å². The average molecular weight is 647 g/mol. The van der Waals surface area contributed by atoms with Crippen LogP contribution in [0.25, 0.3) is 0 Å². The minimum absolute atomic E-state index is 0. The monoisotopic (exact) mass is 646 g/mol. The topological polar surface area (TPSA) is 90.2 Å². The van der Waals surface area contributed by atoms with Gasteiger partial charge in [-0.3, -0.25) is 10.8 Å². The number of hydrogen-bond donors (Lipinski definition) is 4. The quantitative estimate of drug-likeness (QED) is 0.0997. The summed E-state index contributed by atoms with van der Waals surface area (Å²) in [6.45, 7) is 13.1. The Kier molecular flexibility index (Phi) is 10.8. The van der Waals surface area contributed by atoms with Gasteiger partial charge in [0.15, 0.2) is 0 Å². The molecular formula is C40H43ClN4O2. The normalized spacial score (nSPS) is 11.2. The Balaban J connectivity index is 0.00000500. The molecule has 0 spiro atoms. The predicted molar refractivity (Wildman–Crippen MR) is 198 cm³/mol. The Hall–Kier alpha value is -5.07. The zero-order valence-electron chi connectivity index (χ0n) is 27.8. The van der Waals surface area contributed by atoms with Gasteiger partial charge in [0.2, 0.25) is 0 Å². The molecule has 0 aliphatic heterocycles. The van der Waals surface area contributed by atoms with Gasteiger partial charge in [-0.25, -0.2) is 0 Å². The van der Waals surface area contributed by atoms with Crippen LogP contribution in [0.4, 0.5) is 11.4 Å². The van der Waals surface area contributed by atoms with Crippen LogP contribution in [0, 0.1) is 10.8 Å². The molecule has 4 N–H and O–H groups in total. The second kappa shape index (κ2) is 14.6. The van der Waals surface area contributed by atoms with Gasteiger partial charge in [-0.15, -0.1) is 12.4 Å². The van der Waals surface area contributed by atoms with E-state index in [1.54, 1.807) is 0 Å². The van der Waals surface area contributed by atoms with Crippen LogP contribution in [0.3, 0.4) is 0 Å². The number of nitrogens with one attached hydrogen (secondary N) is 4. The molecule has 242 valence electrons. The van der Waals surface area contributed by atoms with Crippen molar-refractivity contribution >= 4 is 35.5 Å². The smallest absolute Gasteiger partial charge is 0.129 e. The molecule has 0 amide bonds. The molecule has 0 aliphatic carbocycles. The number of anilines is 2. The van der Waals surface area contributed by atoms with Gasteiger partial charge in [-0.05, 0) is 94.8 Å². The molecule has 0 aliphatic rings. The molecule has 0 atom stereocenters. The van der Waals surface area contributed by atoms with Gasteiger partial charge in [0.05, 0.1) is 0 Å². The summed E-state index contributed by atoms with van der Waals surface area (Å²) in [5, 5.41) is 23.2. The van der Waals surface area contributed by atoms with E-state index in [0.717, 1.165) is 22.5 Å². The number of amidine groups is 2. The van der Waals surface area contributed by atoms with Crippen molar-refractivity contribution in [1.82, 2.24) is 0 Å². The first-order valence-electron chi connectivity index (χ1n) is 15.4. The molecule has 0 unspecified atom stereocenters. The van der Waals surface area contributed by atoms with E-state index < -0.39 is 0 Å². The van der Waals surface area contributed by atoms with E-state index in [1.165, 1.54) is 11.1 Å². The Bertz CT molecular complexity index is 1650. The highest BCUT2D eigenvalue weighted by Crippen LogP contribution is 2.29. The maximum absolute atomic E-state index is 8.45. The van der Waals surface area contributed by atoms with Crippen LogP contribution in [-0.2, 0) is 10.8 Å². The van der Waals surface area contributed by atoms with Crippen LogP contribution >= 0.6 is 12.4 Å². The van der Waals surface area contributed by atoms with Crippen LogP contribution in [0.2, 0.25) is 0 Å². The minimum atomic E-state index is 0. The van der Waals surface area contributed by atoms with Gasteiger partial charge in [-0.1, -0.05) is 90.1 Å². The van der Waals surface area contributed by atoms with E-state index >= 15 is 0 Å². The zero-order valence-corrected chi connectivity index (χ0v) is 28.6. The summed E-state index contributed by atoms with van der Waals surface area (Å²) >= 11 is 0. The molecule has 0 radical (unpaired) electrons. The van der Waals surface area contributed by atoms with Gasteiger partial charge < -0.3 is 20.1 Å². The maximum atomic E-state index is 8.45. The van der Waals surface area contributed by atoms with Crippen molar-refractivity contribution in [1.29, 1.82) is 10.8 Å². The SMILES string of the molecule is CC(C)(C)c1ccc(C(=N)Nc2ccc(Oc3ccc(Oc4ccc(NC(=N)c5ccc(C(C)(C)C)cc5)cc4)cc3)cc2)cc1.Cl. The molecule has 0 bridgehead atoms. The molecule has 5 rings (SSSR count). The van der Waals surface area contributed by atoms with Crippen LogP contribution in [0.15, 0.2) is 121 Å². The minimum Gasteiger partial charge on any atom is -0.457 e. The fraction of sp³-hybridized carbons (Fsp3) is 0.200. The summed E-state index contributed by atoms with van der Waals surface area (Å²) in [7, 11) is 0. The molecule has 0 saturated carbocycles. The molecule has 0 fully saturated rings. The highest BCUT2D eigenvalue weighted by atomic mass is 35.5. The lowest BCUT2D eigenvalue weighted by atomic mass is 9.86. The molecule has 0 saturated heterocycles. The van der Waals surface area contributed by atoms with E-state index in [1.807, 2.05) is 97.1 Å². The molecule has 6 nitrogen and oxygen atoms in total.